The number of benzene rings is 3. The second-order valence-electron chi connectivity index (χ2n) is 10.4. The lowest BCUT2D eigenvalue weighted by Crippen LogP contribution is -2.38. The van der Waals surface area contributed by atoms with Crippen molar-refractivity contribution in [3.8, 4) is 22.5 Å². The summed E-state index contributed by atoms with van der Waals surface area (Å²) >= 11 is 0. The Morgan fingerprint density at radius 2 is 1.57 bits per heavy atom. The normalized spacial score (nSPS) is 15.8. The molecule has 5 rings (SSSR count). The lowest BCUT2D eigenvalue weighted by molar-refractivity contribution is -0.121. The van der Waals surface area contributed by atoms with Gasteiger partial charge in [-0.05, 0) is 48.9 Å². The first-order chi connectivity index (χ1) is 19.1. The Balaban J connectivity index is 1.29. The third-order valence-corrected chi connectivity index (χ3v) is 7.95. The Bertz CT molecular complexity index is 1590. The number of aliphatic hydroxyl groups is 1. The van der Waals surface area contributed by atoms with Gasteiger partial charge in [-0.25, -0.2) is 8.42 Å². The van der Waals surface area contributed by atoms with Crippen LogP contribution in [0, 0.1) is 6.92 Å². The quantitative estimate of drug-likeness (QED) is 0.272. The molecule has 0 aliphatic heterocycles. The number of aryl methyl sites for hydroxylation is 1. The van der Waals surface area contributed by atoms with Gasteiger partial charge < -0.3 is 14.4 Å². The molecule has 1 aliphatic carbocycles. The maximum absolute atomic E-state index is 12.6. The van der Waals surface area contributed by atoms with Crippen molar-refractivity contribution in [1.82, 2.24) is 9.88 Å². The second kappa shape index (κ2) is 11.0. The maximum atomic E-state index is 12.6. The molecule has 40 heavy (non-hydrogen) atoms. The van der Waals surface area contributed by atoms with Crippen LogP contribution in [-0.2, 0) is 25.0 Å². The molecule has 2 atom stereocenters. The average molecular weight is 561 g/mol. The minimum absolute atomic E-state index is 0.0965. The van der Waals surface area contributed by atoms with Gasteiger partial charge in [-0.15, -0.1) is 0 Å². The summed E-state index contributed by atoms with van der Waals surface area (Å²) in [6.07, 6.45) is 1.13. The van der Waals surface area contributed by atoms with Gasteiger partial charge in [0.1, 0.15) is 6.10 Å². The number of amides is 1. The molecule has 9 heteroatoms. The highest BCUT2D eigenvalue weighted by molar-refractivity contribution is 7.89. The summed E-state index contributed by atoms with van der Waals surface area (Å²) in [6, 6.07) is 25.2. The summed E-state index contributed by atoms with van der Waals surface area (Å²) in [5, 5.41) is 15.1. The van der Waals surface area contributed by atoms with Gasteiger partial charge in [0, 0.05) is 5.56 Å². The van der Waals surface area contributed by atoms with Crippen LogP contribution in [0.5, 0.6) is 0 Å². The predicted octanol–water partition coefficient (Wildman–Crippen LogP) is 5.24. The summed E-state index contributed by atoms with van der Waals surface area (Å²) in [7, 11) is -3.61. The largest absolute Gasteiger partial charge is 0.386 e. The Morgan fingerprint density at radius 1 is 1.00 bits per heavy atom. The highest BCUT2D eigenvalue weighted by atomic mass is 32.2. The highest BCUT2D eigenvalue weighted by Gasteiger charge is 2.52. The Kier molecular flexibility index (Phi) is 7.63. The highest BCUT2D eigenvalue weighted by Crippen LogP contribution is 2.48. The van der Waals surface area contributed by atoms with Crippen molar-refractivity contribution in [3.05, 3.63) is 101 Å². The topological polar surface area (TPSA) is 119 Å². The molecule has 2 N–H and O–H groups in total. The number of nitrogens with zero attached hydrogens (tertiary/aromatic N) is 1. The summed E-state index contributed by atoms with van der Waals surface area (Å²) in [6.45, 7) is 3.84. The Morgan fingerprint density at radius 3 is 2.15 bits per heavy atom. The van der Waals surface area contributed by atoms with Crippen molar-refractivity contribution < 1.29 is 27.6 Å². The van der Waals surface area contributed by atoms with Crippen LogP contribution >= 0.6 is 0 Å². The van der Waals surface area contributed by atoms with Gasteiger partial charge in [-0.2, -0.15) is 0 Å². The molecule has 3 aromatic carbocycles. The standard InChI is InChI=1S/C31H32N2O6S/c1-20-28(27(34)19-38-21(2)22-7-5-4-6-8-22)29(39-32-20)25-11-9-23(10-12-25)24-13-15-26(16-14-24)31(17-18-31)30(35)33-40(3,36)37/h4-16,21,27,34H,17-19H2,1-3H3,(H,33,35)/t21-,27-/m0/s1. The van der Waals surface area contributed by atoms with E-state index in [-0.39, 0.29) is 12.7 Å². The number of hydrogen-bond donors (Lipinski definition) is 2. The zero-order chi connectivity index (χ0) is 28.5. The van der Waals surface area contributed by atoms with Crippen LogP contribution in [0.1, 0.15) is 54.4 Å². The fourth-order valence-electron chi connectivity index (χ4n) is 4.95. The molecule has 1 heterocycles. The number of aromatic nitrogens is 1. The van der Waals surface area contributed by atoms with Gasteiger partial charge >= 0.3 is 0 Å². The molecule has 0 bridgehead atoms. The molecule has 1 aromatic heterocycles. The van der Waals surface area contributed by atoms with Gasteiger partial charge in [-0.3, -0.25) is 9.52 Å². The Hall–Kier alpha value is -3.79. The summed E-state index contributed by atoms with van der Waals surface area (Å²) in [4.78, 5) is 12.6. The number of hydrogen-bond acceptors (Lipinski definition) is 7. The van der Waals surface area contributed by atoms with Gasteiger partial charge in [-0.1, -0.05) is 84.0 Å². The molecule has 0 unspecified atom stereocenters. The van der Waals surface area contributed by atoms with Crippen molar-refractivity contribution in [3.63, 3.8) is 0 Å². The zero-order valence-corrected chi connectivity index (χ0v) is 23.4. The van der Waals surface area contributed by atoms with Crippen LogP contribution in [0.4, 0.5) is 0 Å². The molecular formula is C31H32N2O6S. The van der Waals surface area contributed by atoms with E-state index in [0.717, 1.165) is 34.1 Å². The minimum Gasteiger partial charge on any atom is -0.386 e. The number of sulfonamides is 1. The van der Waals surface area contributed by atoms with E-state index >= 15 is 0 Å². The molecular weight excluding hydrogens is 528 g/mol. The lowest BCUT2D eigenvalue weighted by Gasteiger charge is -2.17. The monoisotopic (exact) mass is 560 g/mol. The molecule has 0 spiro atoms. The van der Waals surface area contributed by atoms with E-state index in [1.807, 2.05) is 85.8 Å². The van der Waals surface area contributed by atoms with E-state index in [4.69, 9.17) is 9.26 Å². The summed E-state index contributed by atoms with van der Waals surface area (Å²) in [5.74, 6) is 0.0165. The average Bonchev–Trinajstić information content (AvgIpc) is 3.67. The van der Waals surface area contributed by atoms with Gasteiger partial charge in [0.05, 0.1) is 35.6 Å². The SMILES string of the molecule is Cc1noc(-c2ccc(-c3ccc(C4(C(=O)NS(C)(=O)=O)CC4)cc3)cc2)c1[C@@H](O)CO[C@@H](C)c1ccccc1. The minimum atomic E-state index is -3.61. The molecule has 208 valence electrons. The summed E-state index contributed by atoms with van der Waals surface area (Å²) < 4.78 is 36.7. The molecule has 1 fully saturated rings. The van der Waals surface area contributed by atoms with E-state index in [9.17, 15) is 18.3 Å². The van der Waals surface area contributed by atoms with Crippen molar-refractivity contribution in [2.75, 3.05) is 12.9 Å². The third-order valence-electron chi connectivity index (χ3n) is 7.40. The second-order valence-corrected chi connectivity index (χ2v) is 12.1. The van der Waals surface area contributed by atoms with Crippen LogP contribution in [-0.4, -0.2) is 37.5 Å². The third kappa shape index (κ3) is 5.86. The van der Waals surface area contributed by atoms with E-state index in [0.29, 0.717) is 29.9 Å². The van der Waals surface area contributed by atoms with Crippen molar-refractivity contribution in [2.24, 2.45) is 0 Å². The molecule has 1 aliphatic rings. The zero-order valence-electron chi connectivity index (χ0n) is 22.6. The number of rotatable bonds is 10. The molecule has 4 aromatic rings. The predicted molar refractivity (Wildman–Crippen MR) is 152 cm³/mol. The van der Waals surface area contributed by atoms with Crippen LogP contribution < -0.4 is 4.72 Å². The maximum Gasteiger partial charge on any atom is 0.244 e. The number of nitrogens with one attached hydrogen (secondary N) is 1. The smallest absolute Gasteiger partial charge is 0.244 e. The van der Waals surface area contributed by atoms with Gasteiger partial charge in [0.15, 0.2) is 5.76 Å². The van der Waals surface area contributed by atoms with E-state index < -0.39 is 27.4 Å². The first-order valence-corrected chi connectivity index (χ1v) is 15.0. The van der Waals surface area contributed by atoms with Crippen LogP contribution in [0.15, 0.2) is 83.4 Å². The van der Waals surface area contributed by atoms with Crippen molar-refractivity contribution in [1.29, 1.82) is 0 Å². The first-order valence-electron chi connectivity index (χ1n) is 13.1. The molecule has 8 nitrogen and oxygen atoms in total. The molecule has 1 amide bonds. The molecule has 1 saturated carbocycles. The van der Waals surface area contributed by atoms with Gasteiger partial charge in [0.2, 0.25) is 15.9 Å². The first kappa shape index (κ1) is 27.8. The molecule has 0 radical (unpaired) electrons. The number of ether oxygens (including phenoxy) is 1. The number of aliphatic hydroxyl groups excluding tert-OH is 1. The van der Waals surface area contributed by atoms with Crippen molar-refractivity contribution in [2.45, 2.75) is 44.3 Å². The molecule has 0 saturated heterocycles. The van der Waals surface area contributed by atoms with Crippen LogP contribution in [0.2, 0.25) is 0 Å². The fraction of sp³-hybridized carbons (Fsp3) is 0.290. The lowest BCUT2D eigenvalue weighted by atomic mass is 9.93. The number of carbonyl (C=O) groups is 1. The van der Waals surface area contributed by atoms with E-state index in [1.54, 1.807) is 6.92 Å². The van der Waals surface area contributed by atoms with Crippen LogP contribution in [0.25, 0.3) is 22.5 Å². The van der Waals surface area contributed by atoms with Crippen molar-refractivity contribution >= 4 is 15.9 Å². The summed E-state index contributed by atoms with van der Waals surface area (Å²) in [5.41, 5.74) is 4.94. The van der Waals surface area contributed by atoms with Crippen LogP contribution in [0.3, 0.4) is 0 Å². The Labute approximate surface area is 234 Å². The van der Waals surface area contributed by atoms with Gasteiger partial charge in [0.25, 0.3) is 0 Å². The number of carbonyl (C=O) groups excluding carboxylic acids is 1. The van der Waals surface area contributed by atoms with E-state index in [2.05, 4.69) is 9.88 Å². The fourth-order valence-corrected chi connectivity index (χ4v) is 5.48. The van der Waals surface area contributed by atoms with E-state index in [1.165, 1.54) is 0 Å².